The summed E-state index contributed by atoms with van der Waals surface area (Å²) in [6.45, 7) is 1.96. The van der Waals surface area contributed by atoms with Crippen molar-refractivity contribution in [2.75, 3.05) is 0 Å². The number of carbonyl (C=O) groups is 1. The van der Waals surface area contributed by atoms with Crippen LogP contribution in [0.5, 0.6) is 0 Å². The maximum absolute atomic E-state index is 11.1. The van der Waals surface area contributed by atoms with E-state index < -0.39 is 11.4 Å². The molecule has 0 amide bonds. The van der Waals surface area contributed by atoms with Gasteiger partial charge < -0.3 is 5.11 Å². The lowest BCUT2D eigenvalue weighted by atomic mass is 9.92. The van der Waals surface area contributed by atoms with Crippen molar-refractivity contribution in [3.63, 3.8) is 0 Å². The first-order valence-electron chi connectivity index (χ1n) is 4.56. The van der Waals surface area contributed by atoms with Gasteiger partial charge in [-0.15, -0.1) is 0 Å². The third kappa shape index (κ3) is 1.36. The molecule has 2 nitrogen and oxygen atoms in total. The lowest BCUT2D eigenvalue weighted by molar-refractivity contribution is -0.140. The standard InChI is InChI=1S/C11H11BrO2/c1-7-2-3-8(12)6-9(7)11(4-5-11)10(13)14/h2-3,6H,4-5H2,1H3,(H,13,14). The number of hydrogen-bond acceptors (Lipinski definition) is 1. The molecule has 0 heterocycles. The summed E-state index contributed by atoms with van der Waals surface area (Å²) in [6.07, 6.45) is 1.53. The zero-order chi connectivity index (χ0) is 10.3. The molecule has 14 heavy (non-hydrogen) atoms. The monoisotopic (exact) mass is 254 g/mol. The van der Waals surface area contributed by atoms with Gasteiger partial charge in [0.25, 0.3) is 0 Å². The van der Waals surface area contributed by atoms with Crippen molar-refractivity contribution in [1.82, 2.24) is 0 Å². The minimum Gasteiger partial charge on any atom is -0.481 e. The largest absolute Gasteiger partial charge is 0.481 e. The van der Waals surface area contributed by atoms with Crippen molar-refractivity contribution < 1.29 is 9.90 Å². The Kier molecular flexibility index (Phi) is 2.14. The lowest BCUT2D eigenvalue weighted by Gasteiger charge is -2.13. The molecular weight excluding hydrogens is 244 g/mol. The number of hydrogen-bond donors (Lipinski definition) is 1. The van der Waals surface area contributed by atoms with Crippen LogP contribution in [0.15, 0.2) is 22.7 Å². The first-order chi connectivity index (χ1) is 6.56. The van der Waals surface area contributed by atoms with Gasteiger partial charge in [-0.3, -0.25) is 4.79 Å². The average molecular weight is 255 g/mol. The molecule has 2 rings (SSSR count). The molecule has 3 heteroatoms. The molecule has 1 aromatic rings. The highest BCUT2D eigenvalue weighted by molar-refractivity contribution is 9.10. The molecule has 0 atom stereocenters. The average Bonchev–Trinajstić information content (AvgIpc) is 2.90. The van der Waals surface area contributed by atoms with Gasteiger partial charge >= 0.3 is 5.97 Å². The molecule has 0 aliphatic heterocycles. The predicted molar refractivity (Wildman–Crippen MR) is 57.4 cm³/mol. The van der Waals surface area contributed by atoms with Crippen LogP contribution in [0.25, 0.3) is 0 Å². The van der Waals surface area contributed by atoms with Crippen LogP contribution in [0, 0.1) is 6.92 Å². The van der Waals surface area contributed by atoms with E-state index in [2.05, 4.69) is 15.9 Å². The van der Waals surface area contributed by atoms with Gasteiger partial charge in [0.15, 0.2) is 0 Å². The second kappa shape index (κ2) is 3.09. The molecule has 1 N–H and O–H groups in total. The van der Waals surface area contributed by atoms with Crippen LogP contribution in [0.1, 0.15) is 24.0 Å². The van der Waals surface area contributed by atoms with Crippen LogP contribution >= 0.6 is 15.9 Å². The molecule has 0 radical (unpaired) electrons. The number of halogens is 1. The highest BCUT2D eigenvalue weighted by Crippen LogP contribution is 2.49. The maximum Gasteiger partial charge on any atom is 0.314 e. The van der Waals surface area contributed by atoms with Gasteiger partial charge in [-0.05, 0) is 43.0 Å². The number of carboxylic acid groups (broad SMARTS) is 1. The number of aryl methyl sites for hydroxylation is 1. The van der Waals surface area contributed by atoms with Gasteiger partial charge in [-0.25, -0.2) is 0 Å². The van der Waals surface area contributed by atoms with Crippen molar-refractivity contribution in [2.24, 2.45) is 0 Å². The first kappa shape index (κ1) is 9.71. The molecule has 0 saturated heterocycles. The SMILES string of the molecule is Cc1ccc(Br)cc1C1(C(=O)O)CC1. The van der Waals surface area contributed by atoms with E-state index in [1.807, 2.05) is 25.1 Å². The van der Waals surface area contributed by atoms with Crippen LogP contribution in [0.4, 0.5) is 0 Å². The normalized spacial score (nSPS) is 17.9. The van der Waals surface area contributed by atoms with Gasteiger partial charge in [0.2, 0.25) is 0 Å². The van der Waals surface area contributed by atoms with Crippen molar-refractivity contribution in [3.05, 3.63) is 33.8 Å². The van der Waals surface area contributed by atoms with Crippen molar-refractivity contribution >= 4 is 21.9 Å². The van der Waals surface area contributed by atoms with E-state index in [4.69, 9.17) is 5.11 Å². The lowest BCUT2D eigenvalue weighted by Crippen LogP contribution is -2.20. The second-order valence-corrected chi connectivity index (χ2v) is 4.76. The smallest absolute Gasteiger partial charge is 0.314 e. The zero-order valence-electron chi connectivity index (χ0n) is 7.88. The Morgan fingerprint density at radius 2 is 2.14 bits per heavy atom. The summed E-state index contributed by atoms with van der Waals surface area (Å²) < 4.78 is 0.950. The predicted octanol–water partition coefficient (Wildman–Crippen LogP) is 2.87. The Hall–Kier alpha value is -0.830. The van der Waals surface area contributed by atoms with Crippen molar-refractivity contribution in [1.29, 1.82) is 0 Å². The molecule has 1 saturated carbocycles. The van der Waals surface area contributed by atoms with Crippen LogP contribution in [-0.4, -0.2) is 11.1 Å². The fourth-order valence-corrected chi connectivity index (χ4v) is 2.19. The molecule has 1 aliphatic rings. The van der Waals surface area contributed by atoms with Crippen LogP contribution < -0.4 is 0 Å². The summed E-state index contributed by atoms with van der Waals surface area (Å²) in [5.74, 6) is -0.696. The molecule has 1 aliphatic carbocycles. The Labute approximate surface area is 91.1 Å². The topological polar surface area (TPSA) is 37.3 Å². The minimum atomic E-state index is -0.696. The molecule has 74 valence electrons. The third-order valence-corrected chi connectivity index (χ3v) is 3.37. The van der Waals surface area contributed by atoms with E-state index >= 15 is 0 Å². The summed E-state index contributed by atoms with van der Waals surface area (Å²) >= 11 is 3.37. The fraction of sp³-hybridized carbons (Fsp3) is 0.364. The molecule has 1 aromatic carbocycles. The van der Waals surface area contributed by atoms with E-state index in [0.717, 1.165) is 28.4 Å². The van der Waals surface area contributed by atoms with Gasteiger partial charge in [0.1, 0.15) is 0 Å². The van der Waals surface area contributed by atoms with E-state index in [1.54, 1.807) is 0 Å². The minimum absolute atomic E-state index is 0.589. The summed E-state index contributed by atoms with van der Waals surface area (Å²) in [7, 11) is 0. The summed E-state index contributed by atoms with van der Waals surface area (Å²) in [4.78, 5) is 11.1. The molecule has 0 spiro atoms. The van der Waals surface area contributed by atoms with E-state index in [9.17, 15) is 4.79 Å². The van der Waals surface area contributed by atoms with Crippen LogP contribution in [-0.2, 0) is 10.2 Å². The zero-order valence-corrected chi connectivity index (χ0v) is 9.47. The number of carboxylic acids is 1. The van der Waals surface area contributed by atoms with Crippen LogP contribution in [0.2, 0.25) is 0 Å². The Morgan fingerprint density at radius 3 is 2.64 bits per heavy atom. The Balaban J connectivity index is 2.51. The van der Waals surface area contributed by atoms with E-state index in [0.29, 0.717) is 0 Å². The first-order valence-corrected chi connectivity index (χ1v) is 5.35. The number of aliphatic carboxylic acids is 1. The fourth-order valence-electron chi connectivity index (χ4n) is 1.83. The summed E-state index contributed by atoms with van der Waals surface area (Å²) in [5, 5.41) is 9.16. The molecular formula is C11H11BrO2. The van der Waals surface area contributed by atoms with Gasteiger partial charge in [-0.2, -0.15) is 0 Å². The second-order valence-electron chi connectivity index (χ2n) is 3.85. The molecule has 0 aromatic heterocycles. The van der Waals surface area contributed by atoms with Crippen LogP contribution in [0.3, 0.4) is 0 Å². The Bertz CT molecular complexity index is 394. The number of benzene rings is 1. The van der Waals surface area contributed by atoms with E-state index in [-0.39, 0.29) is 0 Å². The van der Waals surface area contributed by atoms with Crippen molar-refractivity contribution in [3.8, 4) is 0 Å². The van der Waals surface area contributed by atoms with Gasteiger partial charge in [0.05, 0.1) is 5.41 Å². The van der Waals surface area contributed by atoms with E-state index in [1.165, 1.54) is 0 Å². The van der Waals surface area contributed by atoms with Crippen molar-refractivity contribution in [2.45, 2.75) is 25.2 Å². The van der Waals surface area contributed by atoms with Gasteiger partial charge in [0, 0.05) is 4.47 Å². The number of rotatable bonds is 2. The maximum atomic E-state index is 11.1. The summed E-state index contributed by atoms with van der Waals surface area (Å²) in [6, 6.07) is 5.83. The van der Waals surface area contributed by atoms with Gasteiger partial charge in [-0.1, -0.05) is 22.0 Å². The molecule has 0 bridgehead atoms. The summed E-state index contributed by atoms with van der Waals surface area (Å²) in [5.41, 5.74) is 1.43. The highest BCUT2D eigenvalue weighted by atomic mass is 79.9. The third-order valence-electron chi connectivity index (χ3n) is 2.87. The Morgan fingerprint density at radius 1 is 1.50 bits per heavy atom. The molecule has 0 unspecified atom stereocenters. The molecule has 1 fully saturated rings. The quantitative estimate of drug-likeness (QED) is 0.882. The highest BCUT2D eigenvalue weighted by Gasteiger charge is 2.52.